The van der Waals surface area contributed by atoms with Crippen molar-refractivity contribution >= 4 is 35.7 Å². The molecule has 2 aromatic rings. The fraction of sp³-hybridized carbons (Fsp3) is 0.143. The average Bonchev–Trinajstić information content (AvgIpc) is 2.52. The van der Waals surface area contributed by atoms with Crippen molar-refractivity contribution < 1.29 is 17.3 Å². The second-order valence-electron chi connectivity index (χ2n) is 4.94. The zero-order chi connectivity index (χ0) is 17.7. The minimum Gasteiger partial charge on any atom is -0.378 e. The van der Waals surface area contributed by atoms with Crippen molar-refractivity contribution in [2.24, 2.45) is 15.7 Å². The van der Waals surface area contributed by atoms with Crippen LogP contribution in [0.1, 0.15) is 0 Å². The average molecular weight is 368 g/mol. The molecule has 24 heavy (non-hydrogen) atoms. The topological polar surface area (TPSA) is 118 Å². The molecule has 3 N–H and O–H groups in total. The molecule has 128 valence electrons. The maximum absolute atomic E-state index is 11.7. The lowest BCUT2D eigenvalue weighted by molar-refractivity contribution is 0.460. The van der Waals surface area contributed by atoms with Gasteiger partial charge in [0, 0.05) is 19.8 Å². The molecule has 2 aromatic carbocycles. The highest BCUT2D eigenvalue weighted by atomic mass is 32.2. The summed E-state index contributed by atoms with van der Waals surface area (Å²) in [4.78, 5) is 10.7. The summed E-state index contributed by atoms with van der Waals surface area (Å²) in [6, 6.07) is 13.1. The van der Waals surface area contributed by atoms with Gasteiger partial charge in [0.25, 0.3) is 8.53 Å². The van der Waals surface area contributed by atoms with Crippen molar-refractivity contribution in [2.45, 2.75) is 4.90 Å². The van der Waals surface area contributed by atoms with Crippen LogP contribution in [-0.2, 0) is 14.1 Å². The Bertz CT molecular complexity index is 806. The number of hydrogen-bond acceptors (Lipinski definition) is 8. The van der Waals surface area contributed by atoms with Crippen molar-refractivity contribution in [1.82, 2.24) is 0 Å². The molecule has 0 aliphatic carbocycles. The van der Waals surface area contributed by atoms with Gasteiger partial charge < -0.3 is 9.79 Å². The van der Waals surface area contributed by atoms with Gasteiger partial charge in [0.15, 0.2) is 0 Å². The Balaban J connectivity index is 2.11. The number of nitrogens with two attached hydrogens (primary N) is 1. The molecule has 0 saturated carbocycles. The van der Waals surface area contributed by atoms with Crippen molar-refractivity contribution in [3.05, 3.63) is 48.5 Å². The molecule has 0 fully saturated rings. The van der Waals surface area contributed by atoms with Crippen molar-refractivity contribution in [3.8, 4) is 0 Å². The summed E-state index contributed by atoms with van der Waals surface area (Å²) in [5.41, 5.74) is 7.17. The standard InChI is InChI=1S/C14H17N4O4PS/c1-18(2)13-7-3-11(4-8-13)16-17-12-5-9-14(10-6-12)24(20,21)22-23(15)19/h3-10,19H,15H2,1-2H3. The number of anilines is 1. The SMILES string of the molecule is CN(C)c1ccc(N=Nc2ccc(S(=O)(=O)OP(N)O)cc2)cc1. The summed E-state index contributed by atoms with van der Waals surface area (Å²) in [7, 11) is -2.69. The van der Waals surface area contributed by atoms with E-state index in [0.29, 0.717) is 11.4 Å². The van der Waals surface area contributed by atoms with Crippen LogP contribution < -0.4 is 10.4 Å². The summed E-state index contributed by atoms with van der Waals surface area (Å²) >= 11 is 0. The van der Waals surface area contributed by atoms with E-state index in [1.165, 1.54) is 24.3 Å². The molecule has 8 nitrogen and oxygen atoms in total. The smallest absolute Gasteiger partial charge is 0.303 e. The predicted octanol–water partition coefficient (Wildman–Crippen LogP) is 3.05. The van der Waals surface area contributed by atoms with Crippen LogP contribution in [0.4, 0.5) is 17.1 Å². The van der Waals surface area contributed by atoms with Gasteiger partial charge in [0.05, 0.1) is 16.3 Å². The van der Waals surface area contributed by atoms with E-state index in [0.717, 1.165) is 5.69 Å². The number of benzene rings is 2. The van der Waals surface area contributed by atoms with E-state index in [2.05, 4.69) is 14.2 Å². The van der Waals surface area contributed by atoms with Gasteiger partial charge in [0.1, 0.15) is 0 Å². The van der Waals surface area contributed by atoms with Crippen LogP contribution in [-0.4, -0.2) is 27.4 Å². The van der Waals surface area contributed by atoms with E-state index in [-0.39, 0.29) is 4.90 Å². The Hall–Kier alpha value is -1.90. The van der Waals surface area contributed by atoms with Crippen LogP contribution in [0.25, 0.3) is 0 Å². The van der Waals surface area contributed by atoms with Crippen LogP contribution in [0.3, 0.4) is 0 Å². The van der Waals surface area contributed by atoms with Crippen LogP contribution in [0.5, 0.6) is 0 Å². The van der Waals surface area contributed by atoms with E-state index in [4.69, 9.17) is 10.4 Å². The predicted molar refractivity (Wildman–Crippen MR) is 93.0 cm³/mol. The third-order valence-electron chi connectivity index (χ3n) is 2.95. The van der Waals surface area contributed by atoms with Gasteiger partial charge in [-0.05, 0) is 48.5 Å². The number of azo groups is 1. The van der Waals surface area contributed by atoms with Gasteiger partial charge in [-0.25, -0.2) is 0 Å². The lowest BCUT2D eigenvalue weighted by Gasteiger charge is -2.11. The highest BCUT2D eigenvalue weighted by Gasteiger charge is 2.18. The molecular weight excluding hydrogens is 351 g/mol. The van der Waals surface area contributed by atoms with Crippen molar-refractivity contribution in [3.63, 3.8) is 0 Å². The van der Waals surface area contributed by atoms with E-state index >= 15 is 0 Å². The minimum absolute atomic E-state index is 0.121. The number of hydrogen-bond donors (Lipinski definition) is 2. The van der Waals surface area contributed by atoms with E-state index in [1.54, 1.807) is 0 Å². The lowest BCUT2D eigenvalue weighted by atomic mass is 10.3. The quantitative estimate of drug-likeness (QED) is 0.598. The third kappa shape index (κ3) is 5.05. The number of rotatable bonds is 6. The van der Waals surface area contributed by atoms with E-state index in [1.807, 2.05) is 43.3 Å². The molecule has 0 heterocycles. The molecule has 0 spiro atoms. The van der Waals surface area contributed by atoms with Crippen LogP contribution in [0, 0.1) is 0 Å². The summed E-state index contributed by atoms with van der Waals surface area (Å²) in [5, 5.41) is 8.13. The zero-order valence-corrected chi connectivity index (χ0v) is 14.8. The maximum Gasteiger partial charge on any atom is 0.303 e. The van der Waals surface area contributed by atoms with Gasteiger partial charge in [-0.3, -0.25) is 5.50 Å². The molecule has 1 atom stereocenters. The number of nitrogens with zero attached hydrogens (tertiary/aromatic N) is 3. The van der Waals surface area contributed by atoms with Gasteiger partial charge in [0.2, 0.25) is 0 Å². The van der Waals surface area contributed by atoms with Crippen LogP contribution >= 0.6 is 8.53 Å². The summed E-state index contributed by atoms with van der Waals surface area (Å²) in [6.07, 6.45) is 0. The molecule has 0 amide bonds. The second-order valence-corrected chi connectivity index (χ2v) is 7.52. The van der Waals surface area contributed by atoms with Gasteiger partial charge in [-0.15, -0.1) is 0 Å². The normalized spacial score (nSPS) is 13.2. The molecule has 10 heteroatoms. The van der Waals surface area contributed by atoms with Crippen molar-refractivity contribution in [1.29, 1.82) is 0 Å². The molecule has 1 unspecified atom stereocenters. The first-order valence-corrected chi connectivity index (χ1v) is 9.44. The Morgan fingerprint density at radius 1 is 1.00 bits per heavy atom. The Kier molecular flexibility index (Phi) is 5.98. The highest BCUT2D eigenvalue weighted by Crippen LogP contribution is 2.29. The first-order valence-electron chi connectivity index (χ1n) is 6.75. The molecule has 0 saturated heterocycles. The fourth-order valence-corrected chi connectivity index (χ4v) is 3.37. The van der Waals surface area contributed by atoms with Gasteiger partial charge in [-0.1, -0.05) is 0 Å². The minimum atomic E-state index is -4.08. The van der Waals surface area contributed by atoms with Crippen LogP contribution in [0.2, 0.25) is 0 Å². The third-order valence-corrected chi connectivity index (χ3v) is 5.19. The van der Waals surface area contributed by atoms with Crippen LogP contribution in [0.15, 0.2) is 63.7 Å². The monoisotopic (exact) mass is 368 g/mol. The first kappa shape index (κ1) is 18.4. The maximum atomic E-state index is 11.7. The van der Waals surface area contributed by atoms with E-state index in [9.17, 15) is 8.42 Å². The summed E-state index contributed by atoms with van der Waals surface area (Å²) in [5.74, 6) is 0. The summed E-state index contributed by atoms with van der Waals surface area (Å²) < 4.78 is 27.8. The van der Waals surface area contributed by atoms with E-state index < -0.39 is 18.6 Å². The Morgan fingerprint density at radius 2 is 1.46 bits per heavy atom. The second kappa shape index (κ2) is 7.78. The molecule has 0 aliphatic rings. The largest absolute Gasteiger partial charge is 0.378 e. The molecular formula is C14H17N4O4PS. The summed E-state index contributed by atoms with van der Waals surface area (Å²) in [6.45, 7) is 0. The lowest BCUT2D eigenvalue weighted by Crippen LogP contribution is -2.07. The Morgan fingerprint density at radius 3 is 1.88 bits per heavy atom. The Labute approximate surface area is 141 Å². The molecule has 2 rings (SSSR count). The molecule has 0 radical (unpaired) electrons. The van der Waals surface area contributed by atoms with Gasteiger partial charge in [-0.2, -0.15) is 22.6 Å². The molecule has 0 aromatic heterocycles. The first-order chi connectivity index (χ1) is 11.3. The zero-order valence-electron chi connectivity index (χ0n) is 13.1. The molecule has 0 bridgehead atoms. The fourth-order valence-electron chi connectivity index (χ4n) is 1.76. The van der Waals surface area contributed by atoms with Gasteiger partial charge >= 0.3 is 10.1 Å². The molecule has 0 aliphatic heterocycles. The highest BCUT2D eigenvalue weighted by molar-refractivity contribution is 7.90. The van der Waals surface area contributed by atoms with Crippen molar-refractivity contribution in [2.75, 3.05) is 19.0 Å².